The topological polar surface area (TPSA) is 63.5 Å². The molecule has 0 aromatic carbocycles. The molecule has 2 aliphatic rings. The molecule has 0 radical (unpaired) electrons. The summed E-state index contributed by atoms with van der Waals surface area (Å²) in [5.41, 5.74) is 1.98. The van der Waals surface area contributed by atoms with Crippen LogP contribution in [0.15, 0.2) is 0 Å². The van der Waals surface area contributed by atoms with Crippen LogP contribution in [0.4, 0.5) is 5.13 Å². The second kappa shape index (κ2) is 6.33. The van der Waals surface area contributed by atoms with E-state index < -0.39 is 0 Å². The molecule has 8 heteroatoms. The number of aromatic nitrogens is 3. The van der Waals surface area contributed by atoms with E-state index >= 15 is 0 Å². The van der Waals surface area contributed by atoms with Gasteiger partial charge in [0.2, 0.25) is 0 Å². The van der Waals surface area contributed by atoms with E-state index in [-0.39, 0.29) is 12.0 Å². The average molecular weight is 349 g/mol. The molecule has 0 spiro atoms. The lowest BCUT2D eigenvalue weighted by molar-refractivity contribution is -0.140. The first-order valence-corrected chi connectivity index (χ1v) is 9.40. The Labute approximate surface area is 145 Å². The predicted octanol–water partition coefficient (Wildman–Crippen LogP) is 1.56. The lowest BCUT2D eigenvalue weighted by atomic mass is 10.2. The van der Waals surface area contributed by atoms with E-state index in [0.29, 0.717) is 0 Å². The summed E-state index contributed by atoms with van der Waals surface area (Å²) in [5, 5.41) is 5.45. The first kappa shape index (κ1) is 15.8. The molecule has 2 aromatic rings. The van der Waals surface area contributed by atoms with Gasteiger partial charge in [-0.2, -0.15) is 5.10 Å². The number of carbonyl (C=O) groups excluding carboxylic acids is 1. The van der Waals surface area contributed by atoms with Gasteiger partial charge in [0.25, 0.3) is 5.91 Å². The first-order valence-electron chi connectivity index (χ1n) is 8.59. The molecule has 2 aromatic heterocycles. The van der Waals surface area contributed by atoms with Crippen molar-refractivity contribution in [3.63, 3.8) is 0 Å². The smallest absolute Gasteiger partial charge is 0.251 e. The number of thiazole rings is 1. The molecule has 2 fully saturated rings. The van der Waals surface area contributed by atoms with Crippen molar-refractivity contribution < 1.29 is 9.53 Å². The van der Waals surface area contributed by atoms with Gasteiger partial charge < -0.3 is 14.5 Å². The zero-order valence-corrected chi connectivity index (χ0v) is 15.0. The van der Waals surface area contributed by atoms with Gasteiger partial charge in [-0.05, 0) is 26.2 Å². The molecular formula is C16H23N5O2S. The summed E-state index contributed by atoms with van der Waals surface area (Å²) in [5.74, 6) is 0.165. The Kier molecular flexibility index (Phi) is 4.17. The van der Waals surface area contributed by atoms with Crippen molar-refractivity contribution in [3.8, 4) is 0 Å². The number of amides is 1. The monoisotopic (exact) mass is 349 g/mol. The molecular weight excluding hydrogens is 326 g/mol. The van der Waals surface area contributed by atoms with Crippen LogP contribution < -0.4 is 4.90 Å². The molecule has 24 heavy (non-hydrogen) atoms. The molecule has 0 unspecified atom stereocenters. The molecule has 130 valence electrons. The molecule has 0 N–H and O–H groups in total. The number of hydrogen-bond donors (Lipinski definition) is 0. The van der Waals surface area contributed by atoms with E-state index in [0.717, 1.165) is 73.2 Å². The number of carbonyl (C=O) groups is 1. The van der Waals surface area contributed by atoms with Crippen molar-refractivity contribution in [1.82, 2.24) is 19.7 Å². The van der Waals surface area contributed by atoms with Crippen molar-refractivity contribution >= 4 is 32.7 Å². The van der Waals surface area contributed by atoms with Gasteiger partial charge in [0.05, 0.1) is 10.4 Å². The van der Waals surface area contributed by atoms with Gasteiger partial charge in [0.15, 0.2) is 10.8 Å². The van der Waals surface area contributed by atoms with E-state index in [4.69, 9.17) is 9.72 Å². The van der Waals surface area contributed by atoms with Crippen LogP contribution in [0.2, 0.25) is 0 Å². The summed E-state index contributed by atoms with van der Waals surface area (Å²) < 4.78 is 8.55. The van der Waals surface area contributed by atoms with Crippen LogP contribution in [-0.2, 0) is 16.6 Å². The Hall–Kier alpha value is -1.67. The molecule has 7 nitrogen and oxygen atoms in total. The zero-order valence-electron chi connectivity index (χ0n) is 14.2. The highest BCUT2D eigenvalue weighted by Crippen LogP contribution is 2.31. The van der Waals surface area contributed by atoms with Gasteiger partial charge in [-0.3, -0.25) is 4.79 Å². The van der Waals surface area contributed by atoms with Gasteiger partial charge in [-0.1, -0.05) is 11.3 Å². The van der Waals surface area contributed by atoms with Crippen molar-refractivity contribution in [1.29, 1.82) is 0 Å². The Morgan fingerprint density at radius 1 is 1.25 bits per heavy atom. The Morgan fingerprint density at radius 3 is 2.88 bits per heavy atom. The van der Waals surface area contributed by atoms with Crippen molar-refractivity contribution in [2.75, 3.05) is 37.7 Å². The lowest BCUT2D eigenvalue weighted by Gasteiger charge is -2.24. The lowest BCUT2D eigenvalue weighted by Crippen LogP contribution is -2.41. The van der Waals surface area contributed by atoms with Crippen molar-refractivity contribution in [2.45, 2.75) is 32.3 Å². The molecule has 1 amide bonds. The summed E-state index contributed by atoms with van der Waals surface area (Å²) in [6.45, 7) is 6.04. The minimum Gasteiger partial charge on any atom is -0.368 e. The van der Waals surface area contributed by atoms with E-state index in [1.54, 1.807) is 11.3 Å². The predicted molar refractivity (Wildman–Crippen MR) is 93.5 cm³/mol. The Balaban J connectivity index is 1.47. The van der Waals surface area contributed by atoms with Crippen LogP contribution in [0.1, 0.15) is 25.0 Å². The summed E-state index contributed by atoms with van der Waals surface area (Å²) in [7, 11) is 1.93. The summed E-state index contributed by atoms with van der Waals surface area (Å²) >= 11 is 1.70. The first-order chi connectivity index (χ1) is 11.6. The maximum atomic E-state index is 12.5. The highest BCUT2D eigenvalue weighted by Gasteiger charge is 2.30. The van der Waals surface area contributed by atoms with E-state index in [9.17, 15) is 4.79 Å². The fourth-order valence-corrected chi connectivity index (χ4v) is 4.60. The SMILES string of the molecule is Cc1nn(C)c2nc(N3CCCN(C(=O)[C@@H]4CCCO4)CC3)sc12. The summed E-state index contributed by atoms with van der Waals surface area (Å²) in [6.07, 6.45) is 2.61. The minimum atomic E-state index is -0.215. The third kappa shape index (κ3) is 2.77. The number of ether oxygens (including phenoxy) is 1. The van der Waals surface area contributed by atoms with E-state index in [1.165, 1.54) is 0 Å². The average Bonchev–Trinajstić information content (AvgIpc) is 3.24. The van der Waals surface area contributed by atoms with E-state index in [2.05, 4.69) is 10.00 Å². The highest BCUT2D eigenvalue weighted by molar-refractivity contribution is 7.22. The van der Waals surface area contributed by atoms with Gasteiger partial charge >= 0.3 is 0 Å². The number of hydrogen-bond acceptors (Lipinski definition) is 6. The minimum absolute atomic E-state index is 0.165. The third-order valence-corrected chi connectivity index (χ3v) is 6.03. The standard InChI is InChI=1S/C16H23N5O2S/c1-11-13-14(19(2)18-11)17-16(24-13)21-7-4-6-20(8-9-21)15(22)12-5-3-10-23-12/h12H,3-10H2,1-2H3/t12-/m0/s1. The maximum Gasteiger partial charge on any atom is 0.251 e. The normalized spacial score (nSPS) is 22.3. The maximum absolute atomic E-state index is 12.5. The fraction of sp³-hybridized carbons (Fsp3) is 0.688. The number of fused-ring (bicyclic) bond motifs is 1. The number of aryl methyl sites for hydroxylation is 2. The van der Waals surface area contributed by atoms with Crippen LogP contribution in [0, 0.1) is 6.92 Å². The fourth-order valence-electron chi connectivity index (χ4n) is 3.51. The van der Waals surface area contributed by atoms with Crippen LogP contribution in [0.3, 0.4) is 0 Å². The summed E-state index contributed by atoms with van der Waals surface area (Å²) in [6, 6.07) is 0. The van der Waals surface area contributed by atoms with Crippen LogP contribution in [0.25, 0.3) is 10.3 Å². The number of nitrogens with zero attached hydrogens (tertiary/aromatic N) is 5. The van der Waals surface area contributed by atoms with Crippen LogP contribution in [-0.4, -0.2) is 64.5 Å². The molecule has 4 rings (SSSR count). The summed E-state index contributed by atoms with van der Waals surface area (Å²) in [4.78, 5) is 21.6. The number of anilines is 1. The third-order valence-electron chi connectivity index (χ3n) is 4.82. The molecule has 0 aliphatic carbocycles. The number of rotatable bonds is 2. The molecule has 2 aliphatic heterocycles. The molecule has 2 saturated heterocycles. The Bertz CT molecular complexity index is 715. The molecule has 1 atom stereocenters. The largest absolute Gasteiger partial charge is 0.368 e. The Morgan fingerprint density at radius 2 is 2.12 bits per heavy atom. The second-order valence-electron chi connectivity index (χ2n) is 6.53. The second-order valence-corrected chi connectivity index (χ2v) is 7.50. The zero-order chi connectivity index (χ0) is 16.7. The molecule has 0 saturated carbocycles. The molecule has 0 bridgehead atoms. The van der Waals surface area contributed by atoms with E-state index in [1.807, 2.05) is 23.6 Å². The molecule has 4 heterocycles. The van der Waals surface area contributed by atoms with Crippen molar-refractivity contribution in [2.24, 2.45) is 7.05 Å². The van der Waals surface area contributed by atoms with Gasteiger partial charge in [-0.15, -0.1) is 0 Å². The highest BCUT2D eigenvalue weighted by atomic mass is 32.1. The van der Waals surface area contributed by atoms with Gasteiger partial charge in [0.1, 0.15) is 6.10 Å². The van der Waals surface area contributed by atoms with Gasteiger partial charge in [0, 0.05) is 39.8 Å². The van der Waals surface area contributed by atoms with Crippen LogP contribution in [0.5, 0.6) is 0 Å². The van der Waals surface area contributed by atoms with Crippen molar-refractivity contribution in [3.05, 3.63) is 5.69 Å². The van der Waals surface area contributed by atoms with Gasteiger partial charge in [-0.25, -0.2) is 9.67 Å². The quantitative estimate of drug-likeness (QED) is 0.823. The van der Waals surface area contributed by atoms with Crippen LogP contribution >= 0.6 is 11.3 Å².